The van der Waals surface area contributed by atoms with E-state index in [1.807, 2.05) is 0 Å². The molecule has 3 aromatic rings. The highest BCUT2D eigenvalue weighted by atomic mass is 19.4. The molecule has 10 heteroatoms. The van der Waals surface area contributed by atoms with Crippen molar-refractivity contribution in [1.29, 1.82) is 0 Å². The number of nitrogens with zero attached hydrogens (tertiary/aromatic N) is 2. The van der Waals surface area contributed by atoms with Crippen LogP contribution in [0.15, 0.2) is 60.8 Å². The fourth-order valence-electron chi connectivity index (χ4n) is 4.02. The summed E-state index contributed by atoms with van der Waals surface area (Å²) >= 11 is 0. The average Bonchev–Trinajstić information content (AvgIpc) is 2.82. The Hall–Kier alpha value is -4.08. The second kappa shape index (κ2) is 9.76. The Morgan fingerprint density at radius 1 is 1.08 bits per heavy atom. The predicted molar refractivity (Wildman–Crippen MR) is 129 cm³/mol. The van der Waals surface area contributed by atoms with E-state index in [0.717, 1.165) is 18.2 Å². The predicted octanol–water partition coefficient (Wildman–Crippen LogP) is 5.51. The van der Waals surface area contributed by atoms with Gasteiger partial charge in [-0.25, -0.2) is 4.98 Å². The number of alkyl halides is 3. The molecule has 1 atom stereocenters. The molecule has 0 spiro atoms. The molecule has 7 nitrogen and oxygen atoms in total. The number of fused-ring (bicyclic) bond motifs is 2. The molecule has 1 N–H and O–H groups in total. The van der Waals surface area contributed by atoms with Crippen LogP contribution in [0, 0.1) is 0 Å². The third kappa shape index (κ3) is 5.68. The fourth-order valence-corrected chi connectivity index (χ4v) is 4.02. The van der Waals surface area contributed by atoms with E-state index in [1.165, 1.54) is 24.3 Å². The van der Waals surface area contributed by atoms with Crippen LogP contribution in [0.2, 0.25) is 0 Å². The number of methoxy groups -OCH3 is 1. The Bertz CT molecular complexity index is 1320. The minimum absolute atomic E-state index is 0.0172. The summed E-state index contributed by atoms with van der Waals surface area (Å²) in [6.07, 6.45) is -3.27. The highest BCUT2D eigenvalue weighted by molar-refractivity contribution is 5.99. The van der Waals surface area contributed by atoms with Gasteiger partial charge < -0.3 is 19.7 Å². The Morgan fingerprint density at radius 3 is 2.41 bits per heavy atom. The first kappa shape index (κ1) is 26.0. The first-order valence-electron chi connectivity index (χ1n) is 11.5. The molecule has 1 aromatic heterocycles. The number of amides is 2. The maximum atomic E-state index is 13.8. The molecule has 4 rings (SSSR count). The van der Waals surface area contributed by atoms with Gasteiger partial charge >= 0.3 is 6.18 Å². The number of pyridine rings is 1. The number of benzene rings is 2. The zero-order chi connectivity index (χ0) is 27.0. The summed E-state index contributed by atoms with van der Waals surface area (Å²) in [6, 6.07) is 11.3. The van der Waals surface area contributed by atoms with Gasteiger partial charge in [0.15, 0.2) is 11.4 Å². The van der Waals surface area contributed by atoms with Crippen LogP contribution in [0.5, 0.6) is 17.2 Å². The highest BCUT2D eigenvalue weighted by Crippen LogP contribution is 2.42. The molecule has 2 heterocycles. The van der Waals surface area contributed by atoms with E-state index in [0.29, 0.717) is 11.3 Å². The molecule has 0 aliphatic carbocycles. The first-order chi connectivity index (χ1) is 17.4. The number of carbonyl (C=O) groups is 2. The van der Waals surface area contributed by atoms with Crippen LogP contribution in [-0.2, 0) is 17.5 Å². The van der Waals surface area contributed by atoms with Crippen LogP contribution in [0.1, 0.15) is 54.0 Å². The third-order valence-electron chi connectivity index (χ3n) is 5.66. The van der Waals surface area contributed by atoms with Crippen molar-refractivity contribution >= 4 is 11.8 Å². The standard InChI is InChI=1S/C27H26F3N3O4/c1-26(2,3)32-24(34)23-19-14-17(27(28,29)30)9-12-20(19)37-21-6-5-13-31-22(21)25(35)33(23)15-16-7-10-18(36-4)11-8-16/h5-14,23H,15H2,1-4H3,(H,32,34). The van der Waals surface area contributed by atoms with Gasteiger partial charge in [-0.05, 0) is 68.8 Å². The normalized spacial score (nSPS) is 15.6. The molecular weight excluding hydrogens is 487 g/mol. The van der Waals surface area contributed by atoms with Gasteiger partial charge in [0, 0.05) is 23.8 Å². The zero-order valence-corrected chi connectivity index (χ0v) is 20.7. The molecule has 2 aromatic carbocycles. The van der Waals surface area contributed by atoms with Crippen molar-refractivity contribution in [3.63, 3.8) is 0 Å². The van der Waals surface area contributed by atoms with Crippen molar-refractivity contribution in [1.82, 2.24) is 15.2 Å². The van der Waals surface area contributed by atoms with Crippen LogP contribution in [0.3, 0.4) is 0 Å². The van der Waals surface area contributed by atoms with Gasteiger partial charge in [0.25, 0.3) is 5.91 Å². The lowest BCUT2D eigenvalue weighted by Crippen LogP contribution is -2.49. The summed E-state index contributed by atoms with van der Waals surface area (Å²) in [5.41, 5.74) is -1.21. The summed E-state index contributed by atoms with van der Waals surface area (Å²) in [4.78, 5) is 32.9. The van der Waals surface area contributed by atoms with E-state index in [1.54, 1.807) is 51.1 Å². The summed E-state index contributed by atoms with van der Waals surface area (Å²) in [5, 5.41) is 2.80. The van der Waals surface area contributed by atoms with E-state index in [2.05, 4.69) is 10.3 Å². The molecule has 194 valence electrons. The van der Waals surface area contributed by atoms with Crippen molar-refractivity contribution in [3.8, 4) is 17.2 Å². The second-order valence-corrected chi connectivity index (χ2v) is 9.63. The highest BCUT2D eigenvalue weighted by Gasteiger charge is 2.41. The number of hydrogen-bond donors (Lipinski definition) is 1. The van der Waals surface area contributed by atoms with E-state index in [4.69, 9.17) is 9.47 Å². The third-order valence-corrected chi connectivity index (χ3v) is 5.66. The molecule has 0 saturated heterocycles. The molecule has 1 aliphatic heterocycles. The van der Waals surface area contributed by atoms with E-state index in [9.17, 15) is 22.8 Å². The fraction of sp³-hybridized carbons (Fsp3) is 0.296. The second-order valence-electron chi connectivity index (χ2n) is 9.63. The zero-order valence-electron chi connectivity index (χ0n) is 20.7. The maximum Gasteiger partial charge on any atom is 0.416 e. The Kier molecular flexibility index (Phi) is 6.86. The number of halogens is 3. The Labute approximate surface area is 212 Å². The smallest absolute Gasteiger partial charge is 0.416 e. The maximum absolute atomic E-state index is 13.8. The lowest BCUT2D eigenvalue weighted by Gasteiger charge is -2.36. The van der Waals surface area contributed by atoms with Crippen LogP contribution in [0.25, 0.3) is 0 Å². The lowest BCUT2D eigenvalue weighted by molar-refractivity contribution is -0.138. The molecule has 2 amide bonds. The van der Waals surface area contributed by atoms with Gasteiger partial charge in [0.2, 0.25) is 5.91 Å². The van der Waals surface area contributed by atoms with Gasteiger partial charge in [-0.15, -0.1) is 0 Å². The number of aromatic nitrogens is 1. The van der Waals surface area contributed by atoms with E-state index < -0.39 is 35.1 Å². The van der Waals surface area contributed by atoms with Crippen molar-refractivity contribution in [2.24, 2.45) is 0 Å². The summed E-state index contributed by atoms with van der Waals surface area (Å²) in [7, 11) is 1.52. The molecule has 0 radical (unpaired) electrons. The molecule has 0 bridgehead atoms. The molecule has 0 fully saturated rings. The first-order valence-corrected chi connectivity index (χ1v) is 11.5. The SMILES string of the molecule is COc1ccc(CN2C(=O)c3ncccc3Oc3ccc(C(F)(F)F)cc3C2C(=O)NC(C)(C)C)cc1. The summed E-state index contributed by atoms with van der Waals surface area (Å²) in [5.74, 6) is -0.640. The van der Waals surface area contributed by atoms with E-state index in [-0.39, 0.29) is 29.3 Å². The summed E-state index contributed by atoms with van der Waals surface area (Å²) < 4.78 is 52.3. The number of carbonyl (C=O) groups excluding carboxylic acids is 2. The number of nitrogens with one attached hydrogen (secondary N) is 1. The van der Waals surface area contributed by atoms with Gasteiger partial charge in [-0.1, -0.05) is 12.1 Å². The minimum Gasteiger partial charge on any atom is -0.497 e. The van der Waals surface area contributed by atoms with Crippen molar-refractivity contribution in [2.45, 2.75) is 45.1 Å². The van der Waals surface area contributed by atoms with Crippen LogP contribution in [0.4, 0.5) is 13.2 Å². The number of ether oxygens (including phenoxy) is 2. The van der Waals surface area contributed by atoms with Crippen LogP contribution >= 0.6 is 0 Å². The molecule has 37 heavy (non-hydrogen) atoms. The van der Waals surface area contributed by atoms with Gasteiger partial charge in [-0.2, -0.15) is 13.2 Å². The van der Waals surface area contributed by atoms with Crippen LogP contribution in [-0.4, -0.2) is 34.3 Å². The van der Waals surface area contributed by atoms with Gasteiger partial charge in [0.05, 0.1) is 12.7 Å². The molecule has 1 unspecified atom stereocenters. The quantitative estimate of drug-likeness (QED) is 0.498. The monoisotopic (exact) mass is 513 g/mol. The molecule has 1 aliphatic rings. The molecular formula is C27H26F3N3O4. The number of hydrogen-bond acceptors (Lipinski definition) is 5. The Balaban J connectivity index is 1.94. The van der Waals surface area contributed by atoms with E-state index >= 15 is 0 Å². The van der Waals surface area contributed by atoms with Crippen molar-refractivity contribution < 1.29 is 32.2 Å². The van der Waals surface area contributed by atoms with Crippen molar-refractivity contribution in [3.05, 3.63) is 83.2 Å². The Morgan fingerprint density at radius 2 is 1.78 bits per heavy atom. The van der Waals surface area contributed by atoms with Crippen molar-refractivity contribution in [2.75, 3.05) is 7.11 Å². The van der Waals surface area contributed by atoms with Gasteiger partial charge in [0.1, 0.15) is 17.5 Å². The topological polar surface area (TPSA) is 80.8 Å². The minimum atomic E-state index is -4.67. The van der Waals surface area contributed by atoms with Gasteiger partial charge in [-0.3, -0.25) is 9.59 Å². The molecule has 0 saturated carbocycles. The lowest BCUT2D eigenvalue weighted by atomic mass is 9.96. The number of rotatable bonds is 4. The van der Waals surface area contributed by atoms with Crippen LogP contribution < -0.4 is 14.8 Å². The largest absolute Gasteiger partial charge is 0.497 e. The average molecular weight is 514 g/mol. The summed E-state index contributed by atoms with van der Waals surface area (Å²) in [6.45, 7) is 5.13.